The number of piperazine rings is 1. The van der Waals surface area contributed by atoms with Crippen LogP contribution in [0.4, 0.5) is 0 Å². The van der Waals surface area contributed by atoms with Crippen LogP contribution in [0.25, 0.3) is 0 Å². The van der Waals surface area contributed by atoms with Crippen molar-refractivity contribution in [3.8, 4) is 0 Å². The number of hydrogen-bond acceptors (Lipinski definition) is 5. The highest BCUT2D eigenvalue weighted by Crippen LogP contribution is 2.22. The molecular formula is C19H31N3O3S2. The Kier molecular flexibility index (Phi) is 7.73. The highest BCUT2D eigenvalue weighted by Gasteiger charge is 2.23. The highest BCUT2D eigenvalue weighted by molar-refractivity contribution is 8.00. The molecule has 0 radical (unpaired) electrons. The fourth-order valence-corrected chi connectivity index (χ4v) is 4.56. The number of carbonyl (C=O) groups is 1. The summed E-state index contributed by atoms with van der Waals surface area (Å²) in [5, 5.41) is 2.98. The third kappa shape index (κ3) is 7.81. The summed E-state index contributed by atoms with van der Waals surface area (Å²) >= 11 is 1.83. The van der Waals surface area contributed by atoms with E-state index in [0.717, 1.165) is 17.9 Å². The van der Waals surface area contributed by atoms with E-state index in [1.807, 2.05) is 36.0 Å². The van der Waals surface area contributed by atoms with Crippen molar-refractivity contribution in [3.05, 3.63) is 35.4 Å². The summed E-state index contributed by atoms with van der Waals surface area (Å²) in [5.74, 6) is 0.841. The van der Waals surface area contributed by atoms with Gasteiger partial charge in [0, 0.05) is 55.3 Å². The number of amides is 1. The fourth-order valence-electron chi connectivity index (χ4n) is 2.91. The summed E-state index contributed by atoms with van der Waals surface area (Å²) in [6.45, 7) is 10.3. The molecule has 1 aliphatic heterocycles. The predicted octanol–water partition coefficient (Wildman–Crippen LogP) is 2.03. The molecule has 0 atom stereocenters. The van der Waals surface area contributed by atoms with Gasteiger partial charge in [-0.1, -0.05) is 32.9 Å². The van der Waals surface area contributed by atoms with Crippen LogP contribution in [0.3, 0.4) is 0 Å². The van der Waals surface area contributed by atoms with Crippen LogP contribution in [0.2, 0.25) is 0 Å². The van der Waals surface area contributed by atoms with Gasteiger partial charge in [-0.05, 0) is 17.7 Å². The quantitative estimate of drug-likeness (QED) is 0.693. The second-order valence-electron chi connectivity index (χ2n) is 7.86. The first-order valence-electron chi connectivity index (χ1n) is 9.23. The summed E-state index contributed by atoms with van der Waals surface area (Å²) in [6.07, 6.45) is 1.25. The van der Waals surface area contributed by atoms with Crippen LogP contribution >= 0.6 is 11.8 Å². The van der Waals surface area contributed by atoms with E-state index >= 15 is 0 Å². The number of carbonyl (C=O) groups excluding carboxylic acids is 1. The van der Waals surface area contributed by atoms with Gasteiger partial charge in [-0.25, -0.2) is 8.42 Å². The molecule has 1 fully saturated rings. The SMILES string of the molecule is CC(C)(C)SCCNC(=O)c1cccc(CN2CCN(S(C)(=O)=O)CC2)c1. The monoisotopic (exact) mass is 413 g/mol. The van der Waals surface area contributed by atoms with Crippen LogP contribution in [-0.4, -0.2) is 73.0 Å². The zero-order chi connectivity index (χ0) is 20.1. The van der Waals surface area contributed by atoms with E-state index < -0.39 is 10.0 Å². The van der Waals surface area contributed by atoms with Gasteiger partial charge in [0.15, 0.2) is 0 Å². The van der Waals surface area contributed by atoms with Crippen molar-refractivity contribution in [1.82, 2.24) is 14.5 Å². The lowest BCUT2D eigenvalue weighted by atomic mass is 10.1. The van der Waals surface area contributed by atoms with Crippen LogP contribution in [0.5, 0.6) is 0 Å². The van der Waals surface area contributed by atoms with E-state index in [2.05, 4.69) is 31.0 Å². The Morgan fingerprint density at radius 3 is 2.44 bits per heavy atom. The smallest absolute Gasteiger partial charge is 0.251 e. The Morgan fingerprint density at radius 1 is 1.19 bits per heavy atom. The average molecular weight is 414 g/mol. The summed E-state index contributed by atoms with van der Waals surface area (Å²) in [6, 6.07) is 7.67. The molecule has 0 saturated carbocycles. The second-order valence-corrected chi connectivity index (χ2v) is 11.8. The Balaban J connectivity index is 1.84. The molecule has 0 aromatic heterocycles. The van der Waals surface area contributed by atoms with Crippen molar-refractivity contribution in [2.24, 2.45) is 0 Å². The standard InChI is InChI=1S/C19H31N3O3S2/c1-19(2,3)26-13-8-20-18(23)17-7-5-6-16(14-17)15-21-9-11-22(12-10-21)27(4,24)25/h5-7,14H,8-13,15H2,1-4H3,(H,20,23). The first-order valence-corrected chi connectivity index (χ1v) is 12.1. The molecule has 152 valence electrons. The minimum atomic E-state index is -3.11. The number of rotatable bonds is 7. The third-order valence-corrected chi connectivity index (χ3v) is 6.90. The maximum absolute atomic E-state index is 12.4. The van der Waals surface area contributed by atoms with Gasteiger partial charge in [0.05, 0.1) is 6.26 Å². The first kappa shape index (κ1) is 22.2. The fraction of sp³-hybridized carbons (Fsp3) is 0.632. The molecule has 1 aromatic carbocycles. The van der Waals surface area contributed by atoms with Crippen LogP contribution in [0, 0.1) is 0 Å². The number of thioether (sulfide) groups is 1. The summed E-state index contributed by atoms with van der Waals surface area (Å²) in [5.41, 5.74) is 1.74. The largest absolute Gasteiger partial charge is 0.351 e. The van der Waals surface area contributed by atoms with Crippen LogP contribution in [0.1, 0.15) is 36.7 Å². The summed E-state index contributed by atoms with van der Waals surface area (Å²) < 4.78 is 24.9. The Bertz CT molecular complexity index is 737. The topological polar surface area (TPSA) is 69.7 Å². The lowest BCUT2D eigenvalue weighted by Crippen LogP contribution is -2.47. The maximum atomic E-state index is 12.4. The van der Waals surface area contributed by atoms with Crippen molar-refractivity contribution < 1.29 is 13.2 Å². The number of nitrogens with zero attached hydrogens (tertiary/aromatic N) is 2. The molecule has 0 spiro atoms. The Labute approximate surface area is 167 Å². The number of hydrogen-bond donors (Lipinski definition) is 1. The zero-order valence-corrected chi connectivity index (χ0v) is 18.3. The molecule has 8 heteroatoms. The van der Waals surface area contributed by atoms with Gasteiger partial charge in [0.1, 0.15) is 0 Å². The highest BCUT2D eigenvalue weighted by atomic mass is 32.2. The van der Waals surface area contributed by atoms with Crippen LogP contribution in [0.15, 0.2) is 24.3 Å². The van der Waals surface area contributed by atoms with Crippen molar-refractivity contribution in [2.75, 3.05) is 44.7 Å². The zero-order valence-electron chi connectivity index (χ0n) is 16.7. The molecule has 1 aromatic rings. The molecule has 0 unspecified atom stereocenters. The molecule has 1 aliphatic rings. The van der Waals surface area contributed by atoms with Gasteiger partial charge in [0.25, 0.3) is 5.91 Å². The van der Waals surface area contributed by atoms with E-state index in [1.54, 1.807) is 0 Å². The second kappa shape index (κ2) is 9.41. The predicted molar refractivity (Wildman–Crippen MR) is 113 cm³/mol. The summed E-state index contributed by atoms with van der Waals surface area (Å²) in [7, 11) is -3.11. The molecule has 1 N–H and O–H groups in total. The van der Waals surface area contributed by atoms with Gasteiger partial charge in [-0.3, -0.25) is 9.69 Å². The minimum Gasteiger partial charge on any atom is -0.351 e. The molecule has 6 nitrogen and oxygen atoms in total. The molecule has 2 rings (SSSR count). The Hall–Kier alpha value is -1.09. The molecule has 0 bridgehead atoms. The van der Waals surface area contributed by atoms with Crippen molar-refractivity contribution >= 4 is 27.7 Å². The molecule has 27 heavy (non-hydrogen) atoms. The molecule has 1 saturated heterocycles. The van der Waals surface area contributed by atoms with Crippen LogP contribution < -0.4 is 5.32 Å². The number of benzene rings is 1. The van der Waals surface area contributed by atoms with E-state index in [9.17, 15) is 13.2 Å². The molecular weight excluding hydrogens is 382 g/mol. The third-order valence-electron chi connectivity index (χ3n) is 4.32. The van der Waals surface area contributed by atoms with Gasteiger partial charge >= 0.3 is 0 Å². The van der Waals surface area contributed by atoms with Gasteiger partial charge in [0.2, 0.25) is 10.0 Å². The van der Waals surface area contributed by atoms with Crippen LogP contribution in [-0.2, 0) is 16.6 Å². The normalized spacial score (nSPS) is 17.0. The van der Waals surface area contributed by atoms with E-state index in [1.165, 1.54) is 10.6 Å². The number of nitrogens with one attached hydrogen (secondary N) is 1. The molecule has 1 amide bonds. The van der Waals surface area contributed by atoms with Crippen molar-refractivity contribution in [3.63, 3.8) is 0 Å². The number of sulfonamides is 1. The van der Waals surface area contributed by atoms with E-state index in [4.69, 9.17) is 0 Å². The van der Waals surface area contributed by atoms with Gasteiger partial charge < -0.3 is 5.32 Å². The lowest BCUT2D eigenvalue weighted by molar-refractivity contribution is 0.0956. The summed E-state index contributed by atoms with van der Waals surface area (Å²) in [4.78, 5) is 14.6. The lowest BCUT2D eigenvalue weighted by Gasteiger charge is -2.33. The van der Waals surface area contributed by atoms with Gasteiger partial charge in [-0.15, -0.1) is 0 Å². The molecule has 1 heterocycles. The van der Waals surface area contributed by atoms with E-state index in [0.29, 0.717) is 38.3 Å². The average Bonchev–Trinajstić information content (AvgIpc) is 2.57. The first-order chi connectivity index (χ1) is 12.5. The maximum Gasteiger partial charge on any atom is 0.251 e. The Morgan fingerprint density at radius 2 is 1.85 bits per heavy atom. The van der Waals surface area contributed by atoms with E-state index in [-0.39, 0.29) is 10.7 Å². The molecule has 0 aliphatic carbocycles. The van der Waals surface area contributed by atoms with Crippen molar-refractivity contribution in [1.29, 1.82) is 0 Å². The minimum absolute atomic E-state index is 0.0479. The van der Waals surface area contributed by atoms with Crippen molar-refractivity contribution in [2.45, 2.75) is 32.1 Å². The van der Waals surface area contributed by atoms with Gasteiger partial charge in [-0.2, -0.15) is 16.1 Å².